The maximum absolute atomic E-state index is 12.2. The molecule has 0 saturated heterocycles. The number of aromatic nitrogens is 4. The molecule has 0 unspecified atom stereocenters. The maximum Gasteiger partial charge on any atom is 0.255 e. The number of nitrogens with zero attached hydrogens (tertiary/aromatic N) is 3. The Kier molecular flexibility index (Phi) is 4.30. The van der Waals surface area contributed by atoms with Gasteiger partial charge in [0.05, 0.1) is 30.3 Å². The summed E-state index contributed by atoms with van der Waals surface area (Å²) in [5.41, 5.74) is 4.83. The fourth-order valence-electron chi connectivity index (χ4n) is 3.42. The lowest BCUT2D eigenvalue weighted by atomic mass is 10.0. The Morgan fingerprint density at radius 2 is 2.08 bits per heavy atom. The molecule has 2 N–H and O–H groups in total. The van der Waals surface area contributed by atoms with E-state index in [-0.39, 0.29) is 5.56 Å². The molecule has 0 amide bonds. The first-order chi connectivity index (χ1) is 12.6. The summed E-state index contributed by atoms with van der Waals surface area (Å²) >= 11 is 0. The molecule has 2 aromatic heterocycles. The van der Waals surface area contributed by atoms with Gasteiger partial charge in [-0.05, 0) is 31.2 Å². The third-order valence-electron chi connectivity index (χ3n) is 4.76. The molecule has 3 aromatic rings. The zero-order valence-corrected chi connectivity index (χ0v) is 14.9. The minimum absolute atomic E-state index is 0.0280. The summed E-state index contributed by atoms with van der Waals surface area (Å²) < 4.78 is 5.22. The van der Waals surface area contributed by atoms with Gasteiger partial charge in [0, 0.05) is 37.2 Å². The minimum Gasteiger partial charge on any atom is -0.497 e. The molecule has 4 rings (SSSR count). The lowest BCUT2D eigenvalue weighted by Crippen LogP contribution is -2.35. The van der Waals surface area contributed by atoms with Crippen molar-refractivity contribution in [3.63, 3.8) is 0 Å². The number of hydrogen-bond donors (Lipinski definition) is 2. The topological polar surface area (TPSA) is 86.9 Å². The fraction of sp³-hybridized carbons (Fsp3) is 0.316. The molecule has 7 heteroatoms. The van der Waals surface area contributed by atoms with Gasteiger partial charge in [0.15, 0.2) is 0 Å². The Morgan fingerprint density at radius 1 is 1.27 bits per heavy atom. The lowest BCUT2D eigenvalue weighted by Gasteiger charge is -2.27. The zero-order valence-electron chi connectivity index (χ0n) is 14.9. The number of benzene rings is 1. The molecule has 1 aliphatic heterocycles. The van der Waals surface area contributed by atoms with Crippen LogP contribution in [0.15, 0.2) is 35.3 Å². The van der Waals surface area contributed by atoms with Crippen LogP contribution in [0, 0.1) is 6.92 Å². The second-order valence-electron chi connectivity index (χ2n) is 6.54. The van der Waals surface area contributed by atoms with E-state index in [0.717, 1.165) is 53.3 Å². The van der Waals surface area contributed by atoms with Crippen molar-refractivity contribution in [2.45, 2.75) is 26.4 Å². The molecular weight excluding hydrogens is 330 g/mol. The molecule has 3 heterocycles. The minimum atomic E-state index is -0.0280. The predicted octanol–water partition coefficient (Wildman–Crippen LogP) is 2.04. The van der Waals surface area contributed by atoms with Crippen molar-refractivity contribution in [1.82, 2.24) is 25.1 Å². The lowest BCUT2D eigenvalue weighted by molar-refractivity contribution is 0.242. The van der Waals surface area contributed by atoms with Gasteiger partial charge in [0.2, 0.25) is 0 Å². The summed E-state index contributed by atoms with van der Waals surface area (Å²) in [6.07, 6.45) is 2.64. The van der Waals surface area contributed by atoms with Crippen LogP contribution in [-0.4, -0.2) is 38.7 Å². The highest BCUT2D eigenvalue weighted by Gasteiger charge is 2.22. The highest BCUT2D eigenvalue weighted by atomic mass is 16.5. The van der Waals surface area contributed by atoms with Crippen LogP contribution in [-0.2, 0) is 19.5 Å². The van der Waals surface area contributed by atoms with Gasteiger partial charge in [-0.1, -0.05) is 0 Å². The molecule has 0 saturated carbocycles. The van der Waals surface area contributed by atoms with Crippen molar-refractivity contribution in [2.75, 3.05) is 13.7 Å². The van der Waals surface area contributed by atoms with Crippen molar-refractivity contribution in [2.24, 2.45) is 0 Å². The number of ether oxygens (including phenoxy) is 1. The van der Waals surface area contributed by atoms with Crippen molar-refractivity contribution >= 4 is 0 Å². The molecule has 7 nitrogen and oxygen atoms in total. The standard InChI is InChI=1S/C19H21N5O2/c1-12-21-17-7-8-24(11-16(17)19(25)22-12)10-14-9-20-23-18(14)13-3-5-15(26-2)6-4-13/h3-6,9H,7-8,10-11H2,1-2H3,(H,20,23)(H,21,22,25). The normalized spacial score (nSPS) is 14.2. The summed E-state index contributed by atoms with van der Waals surface area (Å²) in [4.78, 5) is 21.8. The number of nitrogens with one attached hydrogen (secondary N) is 2. The molecule has 1 aromatic carbocycles. The van der Waals surface area contributed by atoms with Gasteiger partial charge in [0.25, 0.3) is 5.56 Å². The number of H-pyrrole nitrogens is 2. The van der Waals surface area contributed by atoms with Gasteiger partial charge in [-0.3, -0.25) is 14.8 Å². The van der Waals surface area contributed by atoms with Gasteiger partial charge in [-0.2, -0.15) is 5.10 Å². The van der Waals surface area contributed by atoms with Crippen LogP contribution in [0.3, 0.4) is 0 Å². The molecule has 0 bridgehead atoms. The first kappa shape index (κ1) is 16.5. The number of fused-ring (bicyclic) bond motifs is 1. The molecule has 26 heavy (non-hydrogen) atoms. The third kappa shape index (κ3) is 3.13. The molecule has 0 fully saturated rings. The molecule has 0 spiro atoms. The second-order valence-corrected chi connectivity index (χ2v) is 6.54. The number of aromatic amines is 2. The van der Waals surface area contributed by atoms with Gasteiger partial charge in [0.1, 0.15) is 11.6 Å². The van der Waals surface area contributed by atoms with E-state index in [4.69, 9.17) is 4.74 Å². The summed E-state index contributed by atoms with van der Waals surface area (Å²) in [6, 6.07) is 7.90. The van der Waals surface area contributed by atoms with Crippen molar-refractivity contribution in [1.29, 1.82) is 0 Å². The largest absolute Gasteiger partial charge is 0.497 e. The SMILES string of the molecule is COc1ccc(-c2[nH]ncc2CN2CCc3nc(C)[nH]c(=O)c3C2)cc1. The van der Waals surface area contributed by atoms with E-state index in [0.29, 0.717) is 12.4 Å². The monoisotopic (exact) mass is 351 g/mol. The van der Waals surface area contributed by atoms with Crippen molar-refractivity contribution < 1.29 is 4.74 Å². The van der Waals surface area contributed by atoms with E-state index in [1.54, 1.807) is 7.11 Å². The predicted molar refractivity (Wildman–Crippen MR) is 98.0 cm³/mol. The second kappa shape index (κ2) is 6.76. The van der Waals surface area contributed by atoms with E-state index >= 15 is 0 Å². The summed E-state index contributed by atoms with van der Waals surface area (Å²) in [7, 11) is 1.66. The number of aryl methyl sites for hydroxylation is 1. The highest BCUT2D eigenvalue weighted by molar-refractivity contribution is 5.63. The molecule has 0 aliphatic carbocycles. The van der Waals surface area contributed by atoms with Crippen LogP contribution in [0.1, 0.15) is 22.6 Å². The van der Waals surface area contributed by atoms with E-state index in [1.165, 1.54) is 0 Å². The molecule has 1 aliphatic rings. The third-order valence-corrected chi connectivity index (χ3v) is 4.76. The molecule has 0 atom stereocenters. The van der Waals surface area contributed by atoms with Crippen LogP contribution >= 0.6 is 0 Å². The van der Waals surface area contributed by atoms with E-state index in [9.17, 15) is 4.79 Å². The van der Waals surface area contributed by atoms with E-state index < -0.39 is 0 Å². The smallest absolute Gasteiger partial charge is 0.255 e. The Hall–Kier alpha value is -2.93. The first-order valence-corrected chi connectivity index (χ1v) is 8.61. The average Bonchev–Trinajstić information content (AvgIpc) is 3.10. The van der Waals surface area contributed by atoms with Crippen LogP contribution in [0.2, 0.25) is 0 Å². The van der Waals surface area contributed by atoms with Gasteiger partial charge < -0.3 is 9.72 Å². The Morgan fingerprint density at radius 3 is 2.85 bits per heavy atom. The van der Waals surface area contributed by atoms with Crippen molar-refractivity contribution in [3.8, 4) is 17.0 Å². The number of hydrogen-bond acceptors (Lipinski definition) is 5. The van der Waals surface area contributed by atoms with Crippen molar-refractivity contribution in [3.05, 3.63) is 63.5 Å². The molecule has 134 valence electrons. The van der Waals surface area contributed by atoms with Crippen LogP contribution in [0.25, 0.3) is 11.3 Å². The quantitative estimate of drug-likeness (QED) is 0.751. The molecular formula is C19H21N5O2. The first-order valence-electron chi connectivity index (χ1n) is 8.61. The maximum atomic E-state index is 12.2. The summed E-state index contributed by atoms with van der Waals surface area (Å²) in [5, 5.41) is 7.31. The highest BCUT2D eigenvalue weighted by Crippen LogP contribution is 2.25. The van der Waals surface area contributed by atoms with E-state index in [2.05, 4.69) is 25.1 Å². The number of methoxy groups -OCH3 is 1. The average molecular weight is 351 g/mol. The van der Waals surface area contributed by atoms with Gasteiger partial charge >= 0.3 is 0 Å². The number of rotatable bonds is 4. The van der Waals surface area contributed by atoms with Gasteiger partial charge in [-0.25, -0.2) is 4.98 Å². The van der Waals surface area contributed by atoms with Crippen LogP contribution in [0.4, 0.5) is 0 Å². The molecule has 0 radical (unpaired) electrons. The van der Waals surface area contributed by atoms with Crippen LogP contribution < -0.4 is 10.3 Å². The van der Waals surface area contributed by atoms with E-state index in [1.807, 2.05) is 37.4 Å². The van der Waals surface area contributed by atoms with Gasteiger partial charge in [-0.15, -0.1) is 0 Å². The fourth-order valence-corrected chi connectivity index (χ4v) is 3.42. The summed E-state index contributed by atoms with van der Waals surface area (Å²) in [5.74, 6) is 1.50. The summed E-state index contributed by atoms with van der Waals surface area (Å²) in [6.45, 7) is 4.02. The Labute approximate surface area is 151 Å². The Bertz CT molecular complexity index is 974. The Balaban J connectivity index is 1.55. The zero-order chi connectivity index (χ0) is 18.1. The van der Waals surface area contributed by atoms with Crippen LogP contribution in [0.5, 0.6) is 5.75 Å².